The molecule has 0 aliphatic rings. The highest BCUT2D eigenvalue weighted by molar-refractivity contribution is 5.94. The minimum Gasteiger partial charge on any atom is -0.310 e. The van der Waals surface area contributed by atoms with Crippen LogP contribution in [0, 0.1) is 5.92 Å². The normalized spacial score (nSPS) is 12.5. The van der Waals surface area contributed by atoms with Crippen molar-refractivity contribution in [3.05, 3.63) is 35.4 Å². The monoisotopic (exact) mass is 247 g/mol. The molecule has 0 aliphatic heterocycles. The molecule has 18 heavy (non-hydrogen) atoms. The number of likely N-dealkylation sites (N-methyl/N-ethyl adjacent to an activating group) is 1. The molecule has 0 spiro atoms. The first-order chi connectivity index (χ1) is 8.45. The lowest BCUT2D eigenvalue weighted by Gasteiger charge is -2.17. The van der Waals surface area contributed by atoms with Crippen molar-refractivity contribution < 1.29 is 9.59 Å². The largest absolute Gasteiger partial charge is 0.310 e. The van der Waals surface area contributed by atoms with Crippen LogP contribution in [0.4, 0.5) is 0 Å². The van der Waals surface area contributed by atoms with Crippen LogP contribution in [0.5, 0.6) is 0 Å². The number of carbonyl (C=O) groups excluding carboxylic acids is 2. The maximum Gasteiger partial charge on any atom is 0.159 e. The predicted octanol–water partition coefficient (Wildman–Crippen LogP) is 2.24. The summed E-state index contributed by atoms with van der Waals surface area (Å²) in [6.45, 7) is 5.37. The highest BCUT2D eigenvalue weighted by Gasteiger charge is 2.19. The fourth-order valence-electron chi connectivity index (χ4n) is 1.86. The molecule has 1 unspecified atom stereocenters. The molecule has 0 aliphatic carbocycles. The van der Waals surface area contributed by atoms with Gasteiger partial charge in [-0.1, -0.05) is 38.1 Å². The van der Waals surface area contributed by atoms with Gasteiger partial charge in [0.1, 0.15) is 0 Å². The summed E-state index contributed by atoms with van der Waals surface area (Å²) in [4.78, 5) is 23.1. The highest BCUT2D eigenvalue weighted by Crippen LogP contribution is 2.10. The third kappa shape index (κ3) is 3.77. The summed E-state index contributed by atoms with van der Waals surface area (Å²) in [5.74, 6) is 0.303. The van der Waals surface area contributed by atoms with E-state index in [0.717, 1.165) is 5.56 Å². The third-order valence-electron chi connectivity index (χ3n) is 3.06. The summed E-state index contributed by atoms with van der Waals surface area (Å²) >= 11 is 0. The number of ketones is 2. The van der Waals surface area contributed by atoms with Crippen LogP contribution in [0.3, 0.4) is 0 Å². The van der Waals surface area contributed by atoms with Crippen molar-refractivity contribution in [2.75, 3.05) is 7.05 Å². The molecule has 3 nitrogen and oxygen atoms in total. The van der Waals surface area contributed by atoms with Crippen molar-refractivity contribution in [2.24, 2.45) is 5.92 Å². The molecule has 0 saturated heterocycles. The van der Waals surface area contributed by atoms with Crippen LogP contribution >= 0.6 is 0 Å². The van der Waals surface area contributed by atoms with Gasteiger partial charge in [0.25, 0.3) is 0 Å². The molecule has 3 heteroatoms. The van der Waals surface area contributed by atoms with Gasteiger partial charge in [-0.15, -0.1) is 0 Å². The molecular weight excluding hydrogens is 226 g/mol. The minimum atomic E-state index is -0.159. The molecule has 0 radical (unpaired) electrons. The molecular formula is C15H21NO2. The average Bonchev–Trinajstić information content (AvgIpc) is 2.35. The summed E-state index contributed by atoms with van der Waals surface area (Å²) < 4.78 is 0. The second kappa shape index (κ2) is 6.45. The number of hydrogen-bond donors (Lipinski definition) is 1. The number of hydrogen-bond acceptors (Lipinski definition) is 3. The van der Waals surface area contributed by atoms with E-state index in [1.165, 1.54) is 0 Å². The van der Waals surface area contributed by atoms with E-state index in [1.54, 1.807) is 14.0 Å². The Morgan fingerprint density at radius 1 is 1.17 bits per heavy atom. The number of Topliss-reactive ketones (excluding diaryl/α,β-unsaturated/α-hetero) is 2. The molecule has 0 fully saturated rings. The van der Waals surface area contributed by atoms with Gasteiger partial charge in [0.05, 0.1) is 6.04 Å². The van der Waals surface area contributed by atoms with Crippen molar-refractivity contribution in [1.29, 1.82) is 0 Å². The molecule has 1 N–H and O–H groups in total. The Hall–Kier alpha value is -1.48. The van der Waals surface area contributed by atoms with Crippen LogP contribution in [0.25, 0.3) is 0 Å². The van der Waals surface area contributed by atoms with Gasteiger partial charge >= 0.3 is 0 Å². The van der Waals surface area contributed by atoms with E-state index in [9.17, 15) is 9.59 Å². The Morgan fingerprint density at radius 2 is 1.72 bits per heavy atom. The summed E-state index contributed by atoms with van der Waals surface area (Å²) in [7, 11) is 1.80. The zero-order chi connectivity index (χ0) is 13.7. The van der Waals surface area contributed by atoms with Gasteiger partial charge in [0.15, 0.2) is 11.6 Å². The van der Waals surface area contributed by atoms with E-state index in [1.807, 2.05) is 38.1 Å². The smallest absolute Gasteiger partial charge is 0.159 e. The van der Waals surface area contributed by atoms with Crippen molar-refractivity contribution >= 4 is 11.6 Å². The van der Waals surface area contributed by atoms with Gasteiger partial charge in [-0.2, -0.15) is 0 Å². The first kappa shape index (κ1) is 14.6. The summed E-state index contributed by atoms with van der Waals surface area (Å²) in [5, 5.41) is 3.05. The van der Waals surface area contributed by atoms with Gasteiger partial charge in [0.2, 0.25) is 0 Å². The van der Waals surface area contributed by atoms with Gasteiger partial charge in [-0.3, -0.25) is 9.59 Å². The van der Waals surface area contributed by atoms with E-state index >= 15 is 0 Å². The Bertz CT molecular complexity index is 421. The van der Waals surface area contributed by atoms with Crippen LogP contribution < -0.4 is 5.32 Å². The van der Waals surface area contributed by atoms with Crippen molar-refractivity contribution in [2.45, 2.75) is 33.2 Å². The van der Waals surface area contributed by atoms with E-state index in [4.69, 9.17) is 0 Å². The van der Waals surface area contributed by atoms with Crippen molar-refractivity contribution in [3.8, 4) is 0 Å². The molecule has 0 amide bonds. The predicted molar refractivity (Wildman–Crippen MR) is 72.8 cm³/mol. The molecule has 0 aromatic heterocycles. The van der Waals surface area contributed by atoms with Gasteiger partial charge < -0.3 is 5.32 Å². The van der Waals surface area contributed by atoms with Gasteiger partial charge in [0, 0.05) is 11.5 Å². The number of nitrogens with one attached hydrogen (secondary N) is 1. The van der Waals surface area contributed by atoms with Crippen molar-refractivity contribution in [3.63, 3.8) is 0 Å². The Morgan fingerprint density at radius 3 is 2.11 bits per heavy atom. The summed E-state index contributed by atoms with van der Waals surface area (Å²) in [5.41, 5.74) is 1.77. The van der Waals surface area contributed by atoms with Crippen LogP contribution in [-0.4, -0.2) is 24.7 Å². The minimum absolute atomic E-state index is 0.0268. The van der Waals surface area contributed by atoms with Crippen LogP contribution in [-0.2, 0) is 11.2 Å². The van der Waals surface area contributed by atoms with Crippen LogP contribution in [0.2, 0.25) is 0 Å². The maximum atomic E-state index is 11.9. The lowest BCUT2D eigenvalue weighted by atomic mass is 9.95. The van der Waals surface area contributed by atoms with E-state index in [2.05, 4.69) is 5.32 Å². The average molecular weight is 247 g/mol. The Labute approximate surface area is 109 Å². The van der Waals surface area contributed by atoms with E-state index in [0.29, 0.717) is 12.0 Å². The van der Waals surface area contributed by atoms with E-state index in [-0.39, 0.29) is 23.5 Å². The fraction of sp³-hybridized carbons (Fsp3) is 0.467. The lowest BCUT2D eigenvalue weighted by Crippen LogP contribution is -2.38. The molecule has 0 heterocycles. The molecule has 1 aromatic carbocycles. The topological polar surface area (TPSA) is 46.2 Å². The molecule has 1 rings (SSSR count). The number of rotatable bonds is 6. The molecule has 0 saturated carbocycles. The maximum absolute atomic E-state index is 11.9. The molecule has 1 aromatic rings. The number of benzene rings is 1. The van der Waals surface area contributed by atoms with Gasteiger partial charge in [-0.05, 0) is 26.0 Å². The Balaban J connectivity index is 2.76. The first-order valence-electron chi connectivity index (χ1n) is 6.26. The summed E-state index contributed by atoms with van der Waals surface area (Å²) in [6, 6.07) is 7.28. The summed E-state index contributed by atoms with van der Waals surface area (Å²) in [6.07, 6.45) is 0.658. The number of carbonyl (C=O) groups is 2. The van der Waals surface area contributed by atoms with Crippen LogP contribution in [0.1, 0.15) is 36.7 Å². The Kier molecular flexibility index (Phi) is 5.23. The SMILES string of the molecule is CNC(Cc1ccc(C(C)=O)cc1)C(=O)C(C)C. The quantitative estimate of drug-likeness (QED) is 0.784. The van der Waals surface area contributed by atoms with Gasteiger partial charge in [-0.25, -0.2) is 0 Å². The second-order valence-electron chi connectivity index (χ2n) is 4.86. The zero-order valence-corrected chi connectivity index (χ0v) is 11.5. The molecule has 98 valence electrons. The van der Waals surface area contributed by atoms with Crippen molar-refractivity contribution in [1.82, 2.24) is 5.32 Å². The fourth-order valence-corrected chi connectivity index (χ4v) is 1.86. The lowest BCUT2D eigenvalue weighted by molar-refractivity contribution is -0.123. The molecule has 1 atom stereocenters. The van der Waals surface area contributed by atoms with Crippen LogP contribution in [0.15, 0.2) is 24.3 Å². The highest BCUT2D eigenvalue weighted by atomic mass is 16.1. The standard InChI is InChI=1S/C15H21NO2/c1-10(2)15(18)14(16-4)9-12-5-7-13(8-6-12)11(3)17/h5-8,10,14,16H,9H2,1-4H3. The first-order valence-corrected chi connectivity index (χ1v) is 6.26. The molecule has 0 bridgehead atoms. The third-order valence-corrected chi connectivity index (χ3v) is 3.06. The zero-order valence-electron chi connectivity index (χ0n) is 11.5. The second-order valence-corrected chi connectivity index (χ2v) is 4.86. The van der Waals surface area contributed by atoms with E-state index < -0.39 is 0 Å².